The zero-order chi connectivity index (χ0) is 49.1. The lowest BCUT2D eigenvalue weighted by Gasteiger charge is -2.33. The summed E-state index contributed by atoms with van der Waals surface area (Å²) in [6, 6.07) is 0. The summed E-state index contributed by atoms with van der Waals surface area (Å²) in [4.78, 5) is 18.1. The Morgan fingerprint density at radius 3 is 1.82 bits per heavy atom. The minimum atomic E-state index is -1.02. The molecule has 14 N–H and O–H groups in total. The third-order valence-corrected chi connectivity index (χ3v) is 13.4. The molecule has 0 aliphatic carbocycles. The Balaban J connectivity index is 3.19. The number of guanidine groups is 1. The van der Waals surface area contributed by atoms with Crippen molar-refractivity contribution in [3.8, 4) is 0 Å². The normalized spacial score (nSPS) is 35.9. The molecule has 0 radical (unpaired) electrons. The average molecular weight is 930 g/mol. The van der Waals surface area contributed by atoms with E-state index in [4.69, 9.17) is 16.2 Å². The van der Waals surface area contributed by atoms with E-state index in [1.807, 2.05) is 40.7 Å². The maximum absolute atomic E-state index is 14.0. The topological polar surface area (TPSA) is 293 Å². The number of esters is 1. The van der Waals surface area contributed by atoms with Crippen LogP contribution in [0.25, 0.3) is 0 Å². The zero-order valence-electron chi connectivity index (χ0n) is 41.0. The van der Waals surface area contributed by atoms with Crippen LogP contribution in [0.15, 0.2) is 28.3 Å². The first kappa shape index (κ1) is 60.8. The lowest BCUT2D eigenvalue weighted by molar-refractivity contribution is -0.165. The second kappa shape index (κ2) is 34.2. The van der Waals surface area contributed by atoms with Gasteiger partial charge < -0.3 is 67.3 Å². The van der Waals surface area contributed by atoms with Gasteiger partial charge in [0, 0.05) is 18.4 Å². The quantitative estimate of drug-likeness (QED) is 0.0537. The van der Waals surface area contributed by atoms with Crippen molar-refractivity contribution in [1.82, 2.24) is 0 Å². The van der Waals surface area contributed by atoms with Gasteiger partial charge in [0.1, 0.15) is 6.10 Å². The molecule has 0 aromatic rings. The fourth-order valence-electron chi connectivity index (χ4n) is 9.02. The van der Waals surface area contributed by atoms with Gasteiger partial charge in [-0.3, -0.25) is 9.79 Å². The van der Waals surface area contributed by atoms with Gasteiger partial charge in [0.05, 0.1) is 67.0 Å². The third-order valence-electron chi connectivity index (χ3n) is 13.4. The Labute approximate surface area is 391 Å². The van der Waals surface area contributed by atoms with Crippen LogP contribution < -0.4 is 11.5 Å². The standard InChI is InChI=1S/C50H95N3O12/c1-7-8-19-44-48(63)34(4)23-24-38(55)17-11-16-37(54)18-12-20-45(61)33(3)22-25-40(57)29-42(59)31-43(60)30-41(58)28-39(56)15-10-9-14-32(2)27-35(5)47(62)36(6)46(65-49(44)64)21-13-26-53-50(51)52/h22,27,34-48,54-63H,7-21,23-26,28-31H2,1-6H3,(H4,51,52,53). The summed E-state index contributed by atoms with van der Waals surface area (Å²) in [5, 5.41) is 108. The first-order chi connectivity index (χ1) is 30.6. The van der Waals surface area contributed by atoms with E-state index in [0.717, 1.165) is 24.8 Å². The Bertz CT molecular complexity index is 1350. The first-order valence-corrected chi connectivity index (χ1v) is 25.0. The molecule has 1 aliphatic rings. The van der Waals surface area contributed by atoms with Gasteiger partial charge in [0.15, 0.2) is 5.96 Å². The van der Waals surface area contributed by atoms with E-state index in [2.05, 4.69) is 4.99 Å². The van der Waals surface area contributed by atoms with Crippen molar-refractivity contribution >= 4 is 11.9 Å². The number of allylic oxidation sites excluding steroid dienone is 1. The van der Waals surface area contributed by atoms with Crippen LogP contribution in [0.4, 0.5) is 0 Å². The number of rotatable bonds is 7. The number of carbonyl (C=O) groups is 1. The molecular formula is C50H95N3O12. The molecule has 0 aromatic heterocycles. The summed E-state index contributed by atoms with van der Waals surface area (Å²) in [5.74, 6) is -2.42. The van der Waals surface area contributed by atoms with Crippen LogP contribution in [-0.2, 0) is 9.53 Å². The highest BCUT2D eigenvalue weighted by Crippen LogP contribution is 2.30. The maximum Gasteiger partial charge on any atom is 0.311 e. The molecule has 1 aliphatic heterocycles. The van der Waals surface area contributed by atoms with Crippen molar-refractivity contribution in [2.75, 3.05) is 6.54 Å². The molecule has 0 aromatic carbocycles. The van der Waals surface area contributed by atoms with Crippen molar-refractivity contribution in [2.24, 2.45) is 40.1 Å². The maximum atomic E-state index is 14.0. The van der Waals surface area contributed by atoms with E-state index in [0.29, 0.717) is 102 Å². The zero-order valence-corrected chi connectivity index (χ0v) is 41.0. The predicted octanol–water partition coefficient (Wildman–Crippen LogP) is 4.81. The van der Waals surface area contributed by atoms with Crippen LogP contribution in [0, 0.1) is 23.7 Å². The number of cyclic esters (lactones) is 1. The van der Waals surface area contributed by atoms with Gasteiger partial charge in [-0.2, -0.15) is 0 Å². The number of aliphatic hydroxyl groups is 10. The molecule has 0 bridgehead atoms. The van der Waals surface area contributed by atoms with E-state index < -0.39 is 84.9 Å². The van der Waals surface area contributed by atoms with Gasteiger partial charge in [0.2, 0.25) is 0 Å². The highest BCUT2D eigenvalue weighted by Gasteiger charge is 2.36. The summed E-state index contributed by atoms with van der Waals surface area (Å²) in [7, 11) is 0. The Morgan fingerprint density at radius 2 is 1.22 bits per heavy atom. The first-order valence-electron chi connectivity index (χ1n) is 25.0. The molecule has 15 nitrogen and oxygen atoms in total. The van der Waals surface area contributed by atoms with Crippen LogP contribution in [-0.4, -0.2) is 137 Å². The summed E-state index contributed by atoms with van der Waals surface area (Å²) < 4.78 is 6.21. The average Bonchev–Trinajstić information content (AvgIpc) is 3.23. The van der Waals surface area contributed by atoms with E-state index in [-0.39, 0.29) is 49.9 Å². The van der Waals surface area contributed by atoms with Crippen LogP contribution in [0.3, 0.4) is 0 Å². The minimum Gasteiger partial charge on any atom is -0.462 e. The van der Waals surface area contributed by atoms with Gasteiger partial charge in [-0.15, -0.1) is 0 Å². The second-order valence-corrected chi connectivity index (χ2v) is 19.8. The number of ether oxygens (including phenoxy) is 1. The van der Waals surface area contributed by atoms with Crippen molar-refractivity contribution < 1.29 is 60.6 Å². The third kappa shape index (κ3) is 27.4. The highest BCUT2D eigenvalue weighted by molar-refractivity contribution is 5.75. The molecule has 15 atom stereocenters. The van der Waals surface area contributed by atoms with E-state index in [9.17, 15) is 55.9 Å². The van der Waals surface area contributed by atoms with Gasteiger partial charge in [0.25, 0.3) is 0 Å². The van der Waals surface area contributed by atoms with Crippen LogP contribution in [0.5, 0.6) is 0 Å². The fourth-order valence-corrected chi connectivity index (χ4v) is 9.02. The summed E-state index contributed by atoms with van der Waals surface area (Å²) in [6.07, 6.45) is 4.20. The van der Waals surface area contributed by atoms with Gasteiger partial charge >= 0.3 is 5.97 Å². The summed E-state index contributed by atoms with van der Waals surface area (Å²) in [5.41, 5.74) is 12.8. The number of carbonyl (C=O) groups excluding carboxylic acids is 1. The molecule has 15 heteroatoms. The smallest absolute Gasteiger partial charge is 0.311 e. The van der Waals surface area contributed by atoms with Crippen molar-refractivity contribution in [1.29, 1.82) is 0 Å². The molecule has 0 amide bonds. The number of unbranched alkanes of at least 4 members (excludes halogenated alkanes) is 1. The lowest BCUT2D eigenvalue weighted by Crippen LogP contribution is -2.41. The van der Waals surface area contributed by atoms with E-state index in [1.54, 1.807) is 13.0 Å². The molecule has 1 rings (SSSR count). The van der Waals surface area contributed by atoms with Gasteiger partial charge in [-0.05, 0) is 147 Å². The molecule has 0 spiro atoms. The van der Waals surface area contributed by atoms with E-state index >= 15 is 0 Å². The van der Waals surface area contributed by atoms with Crippen molar-refractivity contribution in [3.05, 3.63) is 23.3 Å². The van der Waals surface area contributed by atoms with Crippen molar-refractivity contribution in [2.45, 2.75) is 250 Å². The Hall–Kier alpha value is -2.18. The number of nitrogens with zero attached hydrogens (tertiary/aromatic N) is 1. The number of nitrogens with two attached hydrogens (primary N) is 2. The van der Waals surface area contributed by atoms with Crippen LogP contribution >= 0.6 is 0 Å². The summed E-state index contributed by atoms with van der Waals surface area (Å²) >= 11 is 0. The highest BCUT2D eigenvalue weighted by atomic mass is 16.5. The van der Waals surface area contributed by atoms with Crippen LogP contribution in [0.1, 0.15) is 183 Å². The van der Waals surface area contributed by atoms with Crippen molar-refractivity contribution in [3.63, 3.8) is 0 Å². The monoisotopic (exact) mass is 930 g/mol. The molecule has 382 valence electrons. The molecule has 0 saturated carbocycles. The molecule has 15 unspecified atom stereocenters. The van der Waals surface area contributed by atoms with E-state index in [1.165, 1.54) is 0 Å². The van der Waals surface area contributed by atoms with Gasteiger partial charge in [-0.25, -0.2) is 0 Å². The molecule has 1 heterocycles. The van der Waals surface area contributed by atoms with Gasteiger partial charge in [-0.1, -0.05) is 64.7 Å². The lowest BCUT2D eigenvalue weighted by atomic mass is 9.84. The fraction of sp³-hybridized carbons (Fsp3) is 0.880. The predicted molar refractivity (Wildman–Crippen MR) is 256 cm³/mol. The molecular weight excluding hydrogens is 835 g/mol. The Morgan fingerprint density at radius 1 is 0.662 bits per heavy atom. The molecule has 0 fully saturated rings. The molecule has 65 heavy (non-hydrogen) atoms. The number of hydrogen-bond acceptors (Lipinski definition) is 13. The summed E-state index contributed by atoms with van der Waals surface area (Å²) in [6.45, 7) is 11.7. The second-order valence-electron chi connectivity index (χ2n) is 19.8. The number of aliphatic imine (C=N–C) groups is 1. The molecule has 0 saturated heterocycles. The largest absolute Gasteiger partial charge is 0.462 e. The Kier molecular flexibility index (Phi) is 32.0. The minimum absolute atomic E-state index is 0.0133. The van der Waals surface area contributed by atoms with Crippen LogP contribution in [0.2, 0.25) is 0 Å². The SMILES string of the molecule is CCCCC1C(=O)OC(CCCN=C(N)N)C(C)C(O)C(C)C=C(C)CCCCC(O)CC(O)CC(O)CC(O)CC(O)CC=C(C)C(O)CCCC(O)CCCC(O)CCC(C)C1O. The number of aliphatic hydroxyl groups excluding tert-OH is 10. The number of hydrogen-bond donors (Lipinski definition) is 12.